The molecule has 2 aromatic carbocycles. The van der Waals surface area contributed by atoms with Crippen molar-refractivity contribution in [1.29, 1.82) is 0 Å². The molecule has 2 atom stereocenters. The second-order valence-corrected chi connectivity index (χ2v) is 9.81. The van der Waals surface area contributed by atoms with Crippen LogP contribution in [-0.2, 0) is 22.1 Å². The minimum atomic E-state index is -4.54. The van der Waals surface area contributed by atoms with Gasteiger partial charge in [0.05, 0.1) is 17.5 Å². The second-order valence-electron chi connectivity index (χ2n) is 9.81. The number of carbonyl (C=O) groups excluding carboxylic acids is 2. The van der Waals surface area contributed by atoms with E-state index in [2.05, 4.69) is 0 Å². The maximum atomic E-state index is 13.8. The van der Waals surface area contributed by atoms with Gasteiger partial charge in [0.25, 0.3) is 0 Å². The average molecular weight is 447 g/mol. The Hall–Kier alpha value is -2.83. The van der Waals surface area contributed by atoms with Crippen LogP contribution in [0.15, 0.2) is 54.6 Å². The molecule has 1 saturated heterocycles. The highest BCUT2D eigenvalue weighted by molar-refractivity contribution is 5.98. The number of ether oxygens (including phenoxy) is 1. The molecule has 0 bridgehead atoms. The van der Waals surface area contributed by atoms with Crippen molar-refractivity contribution in [3.05, 3.63) is 71.3 Å². The van der Waals surface area contributed by atoms with Gasteiger partial charge in [0.2, 0.25) is 5.91 Å². The number of hydrogen-bond acceptors (Lipinski definition) is 3. The van der Waals surface area contributed by atoms with Gasteiger partial charge < -0.3 is 4.74 Å². The van der Waals surface area contributed by atoms with Gasteiger partial charge in [-0.3, -0.25) is 4.79 Å². The molecule has 0 radical (unpaired) electrons. The first-order valence-corrected chi connectivity index (χ1v) is 10.5. The number of benzene rings is 2. The molecule has 2 amide bonds. The Balaban J connectivity index is 2.04. The molecule has 1 aliphatic heterocycles. The molecular weight excluding hydrogens is 419 g/mol. The van der Waals surface area contributed by atoms with Crippen molar-refractivity contribution in [3.8, 4) is 0 Å². The van der Waals surface area contributed by atoms with Gasteiger partial charge in [-0.1, -0.05) is 69.3 Å². The third-order valence-electron chi connectivity index (χ3n) is 5.83. The fourth-order valence-corrected chi connectivity index (χ4v) is 4.25. The topological polar surface area (TPSA) is 46.6 Å². The summed E-state index contributed by atoms with van der Waals surface area (Å²) in [6.45, 7) is 8.79. The van der Waals surface area contributed by atoms with E-state index in [4.69, 9.17) is 4.74 Å². The van der Waals surface area contributed by atoms with Crippen LogP contribution < -0.4 is 0 Å². The maximum absolute atomic E-state index is 13.8. The highest BCUT2D eigenvalue weighted by Gasteiger charge is 2.53. The predicted octanol–water partition coefficient (Wildman–Crippen LogP) is 6.20. The van der Waals surface area contributed by atoms with Crippen molar-refractivity contribution < 1.29 is 27.5 Å². The van der Waals surface area contributed by atoms with Crippen molar-refractivity contribution in [2.75, 3.05) is 0 Å². The predicted molar refractivity (Wildman–Crippen MR) is 115 cm³/mol. The molecule has 3 rings (SSSR count). The van der Waals surface area contributed by atoms with E-state index < -0.39 is 46.7 Å². The normalized spacial score (nSPS) is 19.6. The van der Waals surface area contributed by atoms with Crippen molar-refractivity contribution in [3.63, 3.8) is 0 Å². The molecule has 7 heteroatoms. The van der Waals surface area contributed by atoms with Gasteiger partial charge in [-0.05, 0) is 42.9 Å². The number of carbonyl (C=O) groups is 2. The smallest absolute Gasteiger partial charge is 0.417 e. The molecule has 0 saturated carbocycles. The Labute approximate surface area is 186 Å². The van der Waals surface area contributed by atoms with Gasteiger partial charge in [-0.15, -0.1) is 0 Å². The molecule has 32 heavy (non-hydrogen) atoms. The fourth-order valence-electron chi connectivity index (χ4n) is 4.25. The summed E-state index contributed by atoms with van der Waals surface area (Å²) in [6.07, 6.45) is -4.93. The first-order valence-electron chi connectivity index (χ1n) is 10.5. The quantitative estimate of drug-likeness (QED) is 0.560. The van der Waals surface area contributed by atoms with E-state index in [-0.39, 0.29) is 5.56 Å². The minimum absolute atomic E-state index is 0.216. The number of imide groups is 1. The summed E-state index contributed by atoms with van der Waals surface area (Å²) in [7, 11) is 0. The van der Waals surface area contributed by atoms with Crippen LogP contribution in [-0.4, -0.2) is 28.5 Å². The molecule has 172 valence electrons. The van der Waals surface area contributed by atoms with Crippen LogP contribution in [0.2, 0.25) is 0 Å². The number of hydrogen-bond donors (Lipinski definition) is 0. The Morgan fingerprint density at radius 3 is 2.25 bits per heavy atom. The lowest BCUT2D eigenvalue weighted by atomic mass is 9.75. The first kappa shape index (κ1) is 23.8. The highest BCUT2D eigenvalue weighted by Crippen LogP contribution is 2.42. The van der Waals surface area contributed by atoms with Gasteiger partial charge in [-0.25, -0.2) is 9.69 Å². The van der Waals surface area contributed by atoms with E-state index in [0.29, 0.717) is 6.42 Å². The largest absolute Gasteiger partial charge is 0.441 e. The minimum Gasteiger partial charge on any atom is -0.441 e. The number of halogens is 3. The number of alkyl halides is 3. The third kappa shape index (κ3) is 4.81. The standard InChI is InChI=1S/C25H28F3NO3/c1-23(2,3)20(17-12-9-13-18(15-17)25(26,27)28)21(30)29-19(24(4,5)32-22(29)31)14-16-10-7-6-8-11-16/h6-13,15,19-20H,14H2,1-5H3/t19-,20-/m0/s1. The van der Waals surface area contributed by atoms with E-state index in [1.165, 1.54) is 12.1 Å². The van der Waals surface area contributed by atoms with Crippen LogP contribution in [0.25, 0.3) is 0 Å². The fraction of sp³-hybridized carbons (Fsp3) is 0.440. The molecule has 1 heterocycles. The summed E-state index contributed by atoms with van der Waals surface area (Å²) < 4.78 is 45.5. The van der Waals surface area contributed by atoms with E-state index in [0.717, 1.165) is 22.6 Å². The summed E-state index contributed by atoms with van der Waals surface area (Å²) in [5, 5.41) is 0. The molecule has 0 spiro atoms. The van der Waals surface area contributed by atoms with Crippen LogP contribution in [0, 0.1) is 5.41 Å². The molecule has 0 unspecified atom stereocenters. The van der Waals surface area contributed by atoms with Crippen LogP contribution >= 0.6 is 0 Å². The summed E-state index contributed by atoms with van der Waals surface area (Å²) in [5.74, 6) is -1.53. The van der Waals surface area contributed by atoms with Gasteiger partial charge in [0.15, 0.2) is 0 Å². The van der Waals surface area contributed by atoms with Gasteiger partial charge >= 0.3 is 12.3 Å². The van der Waals surface area contributed by atoms with Crippen molar-refractivity contribution in [2.45, 2.75) is 64.8 Å². The SMILES string of the molecule is CC(C)(C)[C@H](C(=O)N1C(=O)OC(C)(C)[C@@H]1Cc1ccccc1)c1cccc(C(F)(F)F)c1. The monoisotopic (exact) mass is 447 g/mol. The zero-order chi connectivity index (χ0) is 23.9. The maximum Gasteiger partial charge on any atom is 0.417 e. The van der Waals surface area contributed by atoms with Gasteiger partial charge in [0, 0.05) is 0 Å². The van der Waals surface area contributed by atoms with E-state index in [1.807, 2.05) is 30.3 Å². The summed E-state index contributed by atoms with van der Waals surface area (Å²) in [6, 6.07) is 13.6. The van der Waals surface area contributed by atoms with E-state index in [1.54, 1.807) is 34.6 Å². The lowest BCUT2D eigenvalue weighted by molar-refractivity contribution is -0.138. The third-order valence-corrected chi connectivity index (χ3v) is 5.83. The van der Waals surface area contributed by atoms with Crippen molar-refractivity contribution in [2.24, 2.45) is 5.41 Å². The van der Waals surface area contributed by atoms with Gasteiger partial charge in [-0.2, -0.15) is 13.2 Å². The van der Waals surface area contributed by atoms with Crippen LogP contribution in [0.1, 0.15) is 57.2 Å². The average Bonchev–Trinajstić information content (AvgIpc) is 2.89. The zero-order valence-electron chi connectivity index (χ0n) is 18.9. The van der Waals surface area contributed by atoms with E-state index >= 15 is 0 Å². The van der Waals surface area contributed by atoms with Crippen LogP contribution in [0.5, 0.6) is 0 Å². The Morgan fingerprint density at radius 2 is 1.69 bits per heavy atom. The first-order chi connectivity index (χ1) is 14.7. The Bertz CT molecular complexity index is 993. The Kier molecular flexibility index (Phi) is 6.15. The zero-order valence-corrected chi connectivity index (χ0v) is 18.9. The molecule has 0 aliphatic carbocycles. The summed E-state index contributed by atoms with van der Waals surface area (Å²) in [5.41, 5.74) is -1.38. The number of rotatable bonds is 4. The molecule has 0 aromatic heterocycles. The number of nitrogens with zero attached hydrogens (tertiary/aromatic N) is 1. The van der Waals surface area contributed by atoms with Crippen molar-refractivity contribution >= 4 is 12.0 Å². The second kappa shape index (κ2) is 8.26. The summed E-state index contributed by atoms with van der Waals surface area (Å²) in [4.78, 5) is 27.7. The lowest BCUT2D eigenvalue weighted by Gasteiger charge is -2.35. The van der Waals surface area contributed by atoms with Crippen LogP contribution in [0.3, 0.4) is 0 Å². The molecule has 1 aliphatic rings. The highest BCUT2D eigenvalue weighted by atomic mass is 19.4. The molecule has 2 aromatic rings. The number of cyclic esters (lactones) is 1. The molecule has 0 N–H and O–H groups in total. The Morgan fingerprint density at radius 1 is 1.06 bits per heavy atom. The molecule has 4 nitrogen and oxygen atoms in total. The van der Waals surface area contributed by atoms with Crippen molar-refractivity contribution in [1.82, 2.24) is 4.90 Å². The van der Waals surface area contributed by atoms with Gasteiger partial charge in [0.1, 0.15) is 5.60 Å². The van der Waals surface area contributed by atoms with E-state index in [9.17, 15) is 22.8 Å². The van der Waals surface area contributed by atoms with Crippen LogP contribution in [0.4, 0.5) is 18.0 Å². The lowest BCUT2D eigenvalue weighted by Crippen LogP contribution is -2.49. The summed E-state index contributed by atoms with van der Waals surface area (Å²) >= 11 is 0. The number of amides is 2. The molecular formula is C25H28F3NO3. The molecule has 1 fully saturated rings.